The molecule has 32 nitrogen and oxygen atoms in total. The van der Waals surface area contributed by atoms with Gasteiger partial charge in [-0.25, -0.2) is 4.98 Å². The Labute approximate surface area is 481 Å². The van der Waals surface area contributed by atoms with Crippen LogP contribution in [0.15, 0.2) is 102 Å². The smallest absolute Gasteiger partial charge is 0.296 e. The summed E-state index contributed by atoms with van der Waals surface area (Å²) in [7, 11) is -30.4. The summed E-state index contributed by atoms with van der Waals surface area (Å²) in [6.07, 6.45) is -3.30. The molecule has 0 saturated carbocycles. The highest BCUT2D eigenvalue weighted by atomic mass is 32.2. The van der Waals surface area contributed by atoms with E-state index in [0.29, 0.717) is 24.3 Å². The molecule has 2 heterocycles. The average Bonchev–Trinajstić information content (AvgIpc) is 1.56. The second-order valence-corrected chi connectivity index (χ2v) is 27.2. The zero-order valence-electron chi connectivity index (χ0n) is 44.0. The molecule has 4 aromatic carbocycles. The zero-order chi connectivity index (χ0) is 62.7. The molecule has 4 atom stereocenters. The Kier molecular flexibility index (Phi) is 20.3. The van der Waals surface area contributed by atoms with Gasteiger partial charge in [-0.05, 0) is 105 Å². The highest BCUT2D eigenvalue weighted by molar-refractivity contribution is 7.87. The maximum Gasteiger partial charge on any atom is 0.296 e. The first-order valence-corrected chi connectivity index (χ1v) is 32.6. The molecule has 0 aliphatic rings. The van der Waals surface area contributed by atoms with E-state index < -0.39 is 150 Å². The molecule has 456 valence electrons. The minimum absolute atomic E-state index is 0.0618. The van der Waals surface area contributed by atoms with Crippen molar-refractivity contribution < 1.29 is 98.2 Å². The summed E-state index contributed by atoms with van der Waals surface area (Å²) in [5, 5.41) is 46.3. The van der Waals surface area contributed by atoms with Gasteiger partial charge < -0.3 is 40.9 Å². The van der Waals surface area contributed by atoms with Crippen molar-refractivity contribution in [3.63, 3.8) is 0 Å². The Morgan fingerprint density at radius 1 is 0.429 bits per heavy atom. The van der Waals surface area contributed by atoms with Crippen LogP contribution in [0.3, 0.4) is 0 Å². The minimum atomic E-state index is -5.20. The Balaban J connectivity index is 1.41. The zero-order valence-corrected chi connectivity index (χ0v) is 48.9. The highest BCUT2D eigenvalue weighted by Crippen LogP contribution is 2.31. The molecule has 0 bridgehead atoms. The fourth-order valence-electron chi connectivity index (χ4n) is 8.03. The van der Waals surface area contributed by atoms with Crippen LogP contribution < -0.4 is 20.4 Å². The predicted molar refractivity (Wildman–Crippen MR) is 297 cm³/mol. The number of nitrogens with one attached hydrogen (secondary N) is 2. The molecule has 12 N–H and O–H groups in total. The molecule has 0 spiro atoms. The lowest BCUT2D eigenvalue weighted by Crippen LogP contribution is -2.38. The lowest BCUT2D eigenvalue weighted by atomic mass is 10.1. The van der Waals surface area contributed by atoms with Crippen LogP contribution in [0.5, 0.6) is 0 Å². The number of anilines is 6. The first-order chi connectivity index (χ1) is 38.6. The van der Waals surface area contributed by atoms with E-state index in [0.717, 1.165) is 42.5 Å². The van der Waals surface area contributed by atoms with Crippen molar-refractivity contribution in [2.75, 3.05) is 46.6 Å². The summed E-state index contributed by atoms with van der Waals surface area (Å²) in [6, 6.07) is 10.8. The van der Waals surface area contributed by atoms with Crippen molar-refractivity contribution in [1.29, 1.82) is 0 Å². The van der Waals surface area contributed by atoms with Crippen LogP contribution in [-0.4, -0.2) is 179 Å². The monoisotopic (exact) mass is 1290 g/mol. The third kappa shape index (κ3) is 18.3. The van der Waals surface area contributed by atoms with Gasteiger partial charge in [-0.2, -0.15) is 75.4 Å². The first-order valence-electron chi connectivity index (χ1n) is 24.0. The van der Waals surface area contributed by atoms with Crippen LogP contribution >= 0.6 is 0 Å². The van der Waals surface area contributed by atoms with Crippen LogP contribution in [0.2, 0.25) is 0 Å². The van der Waals surface area contributed by atoms with Gasteiger partial charge in [-0.3, -0.25) is 27.3 Å². The van der Waals surface area contributed by atoms with Crippen LogP contribution in [0.25, 0.3) is 12.2 Å². The van der Waals surface area contributed by atoms with E-state index >= 15 is 0 Å². The maximum absolute atomic E-state index is 13.0. The lowest BCUT2D eigenvalue weighted by Gasteiger charge is -2.26. The number of aliphatic hydroxyl groups excluding tert-OH is 4. The fraction of sp³-hybridized carbons (Fsp3) is 0.304. The van der Waals surface area contributed by atoms with E-state index in [2.05, 4.69) is 40.5 Å². The molecule has 0 fully saturated rings. The molecule has 0 aliphatic carbocycles. The molecule has 6 aromatic rings. The van der Waals surface area contributed by atoms with Crippen molar-refractivity contribution in [3.05, 3.63) is 107 Å². The number of nitrogens with zero attached hydrogens (tertiary/aromatic N) is 8. The van der Waals surface area contributed by atoms with E-state index in [1.54, 1.807) is 0 Å². The predicted octanol–water partition coefficient (Wildman–Crippen LogP) is 1.51. The van der Waals surface area contributed by atoms with Crippen LogP contribution in [0, 0.1) is 0 Å². The molecule has 0 radical (unpaired) electrons. The second-order valence-electron chi connectivity index (χ2n) is 18.8. The van der Waals surface area contributed by atoms with Crippen molar-refractivity contribution in [2.45, 2.75) is 94.3 Å². The Morgan fingerprint density at radius 2 is 0.845 bits per heavy atom. The SMILES string of the molecule is CC(O)CN(CC(C)O)c1nc(Cc2ccc(/C=C/c3ccc(Nc4nc(Nc5cc(S(=O)(=O)O)ccc5S(=O)(=O)O)nc(N(CC(C)O)CC(C)O)n4)cc3S(=O)(=O)O)c(S(=O)(=O)O)c2)nc(Cc2cc(S(=O)(=O)O)ccc2S(=O)(=O)O)n1. The van der Waals surface area contributed by atoms with E-state index in [9.17, 15) is 98.2 Å². The molecular weight excluding hydrogens is 1240 g/mol. The van der Waals surface area contributed by atoms with Crippen molar-refractivity contribution in [2.24, 2.45) is 0 Å². The molecule has 0 saturated heterocycles. The average molecular weight is 1290 g/mol. The molecule has 6 rings (SSSR count). The largest absolute Gasteiger partial charge is 0.392 e. The Morgan fingerprint density at radius 3 is 1.31 bits per heavy atom. The highest BCUT2D eigenvalue weighted by Gasteiger charge is 2.27. The third-order valence-electron chi connectivity index (χ3n) is 11.3. The maximum atomic E-state index is 13.0. The van der Waals surface area contributed by atoms with Crippen molar-refractivity contribution >= 4 is 108 Å². The summed E-state index contributed by atoms with van der Waals surface area (Å²) in [6.45, 7) is 4.67. The van der Waals surface area contributed by atoms with Gasteiger partial charge in [0.2, 0.25) is 23.8 Å². The van der Waals surface area contributed by atoms with Gasteiger partial charge in [0, 0.05) is 44.7 Å². The molecule has 84 heavy (non-hydrogen) atoms. The van der Waals surface area contributed by atoms with Crippen molar-refractivity contribution in [3.8, 4) is 0 Å². The number of rotatable bonds is 26. The molecule has 0 aliphatic heterocycles. The van der Waals surface area contributed by atoms with Gasteiger partial charge in [0.15, 0.2) is 0 Å². The van der Waals surface area contributed by atoms with Gasteiger partial charge in [0.1, 0.15) is 26.3 Å². The fourth-order valence-corrected chi connectivity index (χ4v) is 11.8. The van der Waals surface area contributed by atoms with Gasteiger partial charge in [-0.1, -0.05) is 30.4 Å². The molecule has 0 amide bonds. The Hall–Kier alpha value is -6.86. The van der Waals surface area contributed by atoms with Crippen LogP contribution in [0.1, 0.15) is 61.6 Å². The molecule has 4 unspecified atom stereocenters. The van der Waals surface area contributed by atoms with Crippen LogP contribution in [-0.2, 0) is 73.6 Å². The summed E-state index contributed by atoms with van der Waals surface area (Å²) >= 11 is 0. The van der Waals surface area contributed by atoms with E-state index in [1.807, 2.05) is 0 Å². The standard InChI is InChI=1S/C46H54N10O22S6/c1-25(57)21-55(22-26(2)58)45-50-41(49-42(51-45)18-32-17-34(79(61,62)63)11-13-37(32)81(67,68)69)16-29-5-6-30(39(15-29)83(73,74)75)7-8-31-9-10-33(19-40(31)84(76,77)78)47-43-52-44(54-46(53-43)56(23-27(3)59)24-28(4)60)48-36-20-35(80(64,65)66)12-14-38(36)82(70,71)72/h5-15,17,19-20,25-28,57-60H,16,18,21-24H2,1-4H3,(H,61,62,63)(H,64,65,66)(H,67,68,69)(H,70,71,72)(H,73,74,75)(H,76,77,78)(H2,47,48,52,53,54)/b8-7+. The van der Waals surface area contributed by atoms with E-state index in [-0.39, 0.29) is 72.1 Å². The number of benzene rings is 4. The van der Waals surface area contributed by atoms with Crippen molar-refractivity contribution in [1.82, 2.24) is 29.9 Å². The third-order valence-corrected chi connectivity index (χ3v) is 16.7. The van der Waals surface area contributed by atoms with Gasteiger partial charge in [0.05, 0.1) is 44.8 Å². The normalized spacial score (nSPS) is 14.2. The van der Waals surface area contributed by atoms with E-state index in [4.69, 9.17) is 0 Å². The topological polar surface area (TPSA) is 515 Å². The number of aliphatic hydroxyl groups is 4. The first kappa shape index (κ1) is 66.3. The number of aromatic nitrogens is 6. The van der Waals surface area contributed by atoms with E-state index in [1.165, 1.54) is 55.7 Å². The van der Waals surface area contributed by atoms with Gasteiger partial charge in [-0.15, -0.1) is 0 Å². The summed E-state index contributed by atoms with van der Waals surface area (Å²) < 4.78 is 209. The van der Waals surface area contributed by atoms with Gasteiger partial charge in [0.25, 0.3) is 60.7 Å². The summed E-state index contributed by atoms with van der Waals surface area (Å²) in [4.78, 5) is 23.3. The number of hydrogen-bond donors (Lipinski definition) is 12. The lowest BCUT2D eigenvalue weighted by molar-refractivity contribution is 0.176. The molecular formula is C46H54N10O22S6. The second kappa shape index (κ2) is 25.8. The number of hydrogen-bond acceptors (Lipinski definition) is 26. The quantitative estimate of drug-likeness (QED) is 0.0270. The summed E-state index contributed by atoms with van der Waals surface area (Å²) in [5.74, 6) is -2.17. The molecule has 38 heteroatoms. The minimum Gasteiger partial charge on any atom is -0.392 e. The Bertz CT molecular complexity index is 3920. The van der Waals surface area contributed by atoms with Crippen LogP contribution in [0.4, 0.5) is 35.2 Å². The summed E-state index contributed by atoms with van der Waals surface area (Å²) in [5.41, 5.74) is -1.82. The van der Waals surface area contributed by atoms with Gasteiger partial charge >= 0.3 is 0 Å². The molecule has 2 aromatic heterocycles.